The van der Waals surface area contributed by atoms with E-state index in [1.807, 2.05) is 108 Å². The molecule has 6 unspecified atom stereocenters. The molecule has 4 N–H and O–H groups in total. The van der Waals surface area contributed by atoms with Crippen LogP contribution in [-0.4, -0.2) is 192 Å². The number of carbonyl (C=O) groups is 4. The van der Waals surface area contributed by atoms with Crippen molar-refractivity contribution in [1.29, 1.82) is 0 Å². The molecule has 133 heavy (non-hydrogen) atoms. The van der Waals surface area contributed by atoms with Crippen LogP contribution in [0.1, 0.15) is 138 Å². The molecule has 714 valence electrons. The summed E-state index contributed by atoms with van der Waals surface area (Å²) in [6, 6.07) is 34.9. The minimum absolute atomic E-state index is 0.115. The number of aldehydes is 1. The van der Waals surface area contributed by atoms with Gasteiger partial charge < -0.3 is 49.4 Å². The van der Waals surface area contributed by atoms with E-state index in [4.69, 9.17) is 69.3 Å². The third-order valence-corrected chi connectivity index (χ3v) is 33.6. The molecule has 3 aliphatic rings. The third kappa shape index (κ3) is 28.9. The van der Waals surface area contributed by atoms with E-state index < -0.39 is 56.7 Å². The number of nitrogens with zero attached hydrogens (tertiary/aromatic N) is 14. The van der Waals surface area contributed by atoms with Crippen LogP contribution in [0.5, 0.6) is 0 Å². The van der Waals surface area contributed by atoms with Crippen molar-refractivity contribution in [2.75, 3.05) is 75.5 Å². The Morgan fingerprint density at radius 1 is 0.466 bits per heavy atom. The van der Waals surface area contributed by atoms with Gasteiger partial charge in [-0.05, 0) is 191 Å². The van der Waals surface area contributed by atoms with E-state index in [1.54, 1.807) is 10.7 Å². The lowest BCUT2D eigenvalue weighted by molar-refractivity contribution is -0.156. The molecule has 0 bridgehead atoms. The monoisotopic (exact) mass is 2080 g/mol. The molecule has 0 spiro atoms. The molecule has 15 rings (SSSR count). The molecular formula is C97H127Br3F3N15O11Si4. The molecule has 36 heteroatoms. The molecule has 3 aromatic carbocycles. The highest BCUT2D eigenvalue weighted by atomic mass is 79.9. The van der Waals surface area contributed by atoms with Gasteiger partial charge in [0.25, 0.3) is 0 Å². The smallest absolute Gasteiger partial charge is 0.446 e. The Bertz CT molecular complexity index is 5960. The van der Waals surface area contributed by atoms with E-state index in [1.165, 1.54) is 0 Å². The van der Waals surface area contributed by atoms with Gasteiger partial charge in [-0.1, -0.05) is 152 Å². The molecule has 3 saturated carbocycles. The van der Waals surface area contributed by atoms with Gasteiger partial charge in [-0.3, -0.25) is 34.1 Å². The Morgan fingerprint density at radius 2 is 0.767 bits per heavy atom. The fraction of sp³-hybridized carbons (Fsp3) is 0.495. The number of carboxylic acid groups (broad SMARTS) is 2. The zero-order chi connectivity index (χ0) is 95.7. The number of anilines is 3. The van der Waals surface area contributed by atoms with Crippen molar-refractivity contribution in [1.82, 2.24) is 58.7 Å². The molecule has 6 atom stereocenters. The molecule has 9 aromatic heterocycles. The summed E-state index contributed by atoms with van der Waals surface area (Å²) >= 11 is 11.7. The number of nitrogen functional groups attached to an aromatic ring is 1. The Labute approximate surface area is 805 Å². The molecule has 3 aliphatic carbocycles. The largest absolute Gasteiger partial charge is 0.481 e. The number of para-hydroxylation sites is 3. The second-order valence-corrected chi connectivity index (χ2v) is 65.0. The number of rotatable bonds is 35. The van der Waals surface area contributed by atoms with Gasteiger partial charge in [0.05, 0.1) is 72.2 Å². The van der Waals surface area contributed by atoms with Gasteiger partial charge in [0.2, 0.25) is 6.29 Å². The first kappa shape index (κ1) is 103. The van der Waals surface area contributed by atoms with E-state index in [0.29, 0.717) is 77.8 Å². The minimum atomic E-state index is -4.64. The second kappa shape index (κ2) is 46.3. The number of benzene rings is 3. The fourth-order valence-corrected chi connectivity index (χ4v) is 22.5. The number of esters is 1. The number of halogens is 6. The Balaban J connectivity index is 0.000000178. The quantitative estimate of drug-likeness (QED) is 0.0109. The number of hydrogen-bond acceptors (Lipinski definition) is 21. The van der Waals surface area contributed by atoms with Crippen molar-refractivity contribution in [3.8, 4) is 33.4 Å². The zero-order valence-corrected chi connectivity index (χ0v) is 87.4. The highest BCUT2D eigenvalue weighted by Crippen LogP contribution is 2.48. The Morgan fingerprint density at radius 3 is 1.08 bits per heavy atom. The molecule has 3 fully saturated rings. The summed E-state index contributed by atoms with van der Waals surface area (Å²) < 4.78 is 70.0. The van der Waals surface area contributed by atoms with Crippen molar-refractivity contribution in [2.45, 2.75) is 230 Å². The van der Waals surface area contributed by atoms with Crippen molar-refractivity contribution in [3.63, 3.8) is 0 Å². The summed E-state index contributed by atoms with van der Waals surface area (Å²) in [5.41, 5.74) is 19.8. The van der Waals surface area contributed by atoms with E-state index in [2.05, 4.69) is 177 Å². The van der Waals surface area contributed by atoms with E-state index >= 15 is 0 Å². The molecule has 0 amide bonds. The lowest BCUT2D eigenvalue weighted by Crippen LogP contribution is -2.34. The number of aliphatic carboxylic acids is 2. The molecular weight excluding hydrogens is 1960 g/mol. The van der Waals surface area contributed by atoms with Crippen molar-refractivity contribution in [3.05, 3.63) is 159 Å². The topological polar surface area (TPSA) is 317 Å². The molecule has 0 aliphatic heterocycles. The van der Waals surface area contributed by atoms with Crippen LogP contribution >= 0.6 is 47.8 Å². The SMILES string of the molecule is CCOC(=O)CC1CCCC(c2nc3c(-c4cnc5ccccc5c4)cnn3c(N(COCC[Si](C)(C)C)COCC[Si](C)(C)C)c2Br)C1.C[Si](C)(C)CCOCN(COCC[Si](C)(C)C)c1c(Br)c(C2CCCC(CC(=O)O)C2)nc2c(-c3cnc4ccccc4c3)cnn12.Nc1c(Br)c(C2CCCC(CC(=O)O)C2)nc2c(-c3cnc4ccccc4c3)cnn12.O=CC(F)(F)F. The number of hydrogen-bond donors (Lipinski definition) is 3. The maximum Gasteiger partial charge on any atom is 0.446 e. The van der Waals surface area contributed by atoms with E-state index in [0.717, 1.165) is 221 Å². The Hall–Kier alpha value is -8.83. The van der Waals surface area contributed by atoms with Gasteiger partial charge in [-0.25, -0.2) is 15.0 Å². The predicted molar refractivity (Wildman–Crippen MR) is 542 cm³/mol. The minimum Gasteiger partial charge on any atom is -0.481 e. The lowest BCUT2D eigenvalue weighted by Gasteiger charge is -2.31. The summed E-state index contributed by atoms with van der Waals surface area (Å²) in [6.45, 7) is 34.9. The van der Waals surface area contributed by atoms with Crippen molar-refractivity contribution >= 4 is 171 Å². The predicted octanol–water partition coefficient (Wildman–Crippen LogP) is 24.0. The zero-order valence-electron chi connectivity index (χ0n) is 78.6. The van der Waals surface area contributed by atoms with Crippen LogP contribution in [-0.2, 0) is 42.9 Å². The molecule has 12 aromatic rings. The van der Waals surface area contributed by atoms with Crippen LogP contribution in [0.3, 0.4) is 0 Å². The Kier molecular flexibility index (Phi) is 35.9. The number of carbonyl (C=O) groups excluding carboxylic acids is 2. The first-order valence-electron chi connectivity index (χ1n) is 46.1. The number of nitrogens with two attached hydrogens (primary N) is 1. The summed E-state index contributed by atoms with van der Waals surface area (Å²) in [7, 11) is -5.09. The highest BCUT2D eigenvalue weighted by molar-refractivity contribution is 9.11. The third-order valence-electron chi connectivity index (χ3n) is 24.4. The number of pyridine rings is 3. The maximum atomic E-state index is 12.5. The first-order valence-corrected chi connectivity index (χ1v) is 63.3. The van der Waals surface area contributed by atoms with Gasteiger partial charge >= 0.3 is 24.1 Å². The number of aromatic nitrogens is 12. The number of ether oxygens (including phenoxy) is 5. The second-order valence-electron chi connectivity index (χ2n) is 40.1. The number of carboxylic acids is 2. The lowest BCUT2D eigenvalue weighted by atomic mass is 9.78. The summed E-state index contributed by atoms with van der Waals surface area (Å²) in [5.74, 6) is 1.61. The van der Waals surface area contributed by atoms with Gasteiger partial charge in [0.1, 0.15) is 32.7 Å². The van der Waals surface area contributed by atoms with Crippen LogP contribution in [0.15, 0.2) is 142 Å². The van der Waals surface area contributed by atoms with Gasteiger partial charge in [-0.2, -0.15) is 42.0 Å². The normalized spacial score (nSPS) is 17.4. The van der Waals surface area contributed by atoms with Crippen LogP contribution in [0, 0.1) is 17.8 Å². The fourth-order valence-electron chi connectivity index (χ4n) is 17.2. The van der Waals surface area contributed by atoms with Crippen LogP contribution in [0.4, 0.5) is 30.6 Å². The molecule has 9 heterocycles. The maximum absolute atomic E-state index is 12.5. The van der Waals surface area contributed by atoms with Gasteiger partial charge in [0.15, 0.2) is 28.6 Å². The molecule has 0 radical (unpaired) electrons. The number of fused-ring (bicyclic) bond motifs is 6. The van der Waals surface area contributed by atoms with E-state index in [9.17, 15) is 37.8 Å². The first-order chi connectivity index (χ1) is 63.2. The van der Waals surface area contributed by atoms with Crippen molar-refractivity contribution in [2.24, 2.45) is 17.8 Å². The highest BCUT2D eigenvalue weighted by Gasteiger charge is 2.36. The van der Waals surface area contributed by atoms with Crippen LogP contribution in [0.25, 0.3) is 83.0 Å². The summed E-state index contributed by atoms with van der Waals surface area (Å²) in [4.78, 5) is 78.1. The van der Waals surface area contributed by atoms with Crippen molar-refractivity contribution < 1.29 is 66.2 Å². The van der Waals surface area contributed by atoms with Crippen LogP contribution < -0.4 is 15.5 Å². The summed E-state index contributed by atoms with van der Waals surface area (Å²) in [5, 5.41) is 36.3. The van der Waals surface area contributed by atoms with E-state index in [-0.39, 0.29) is 54.3 Å². The molecule has 0 saturated heterocycles. The van der Waals surface area contributed by atoms with Crippen LogP contribution in [0.2, 0.25) is 103 Å². The van der Waals surface area contributed by atoms with Gasteiger partial charge in [0, 0.05) is 164 Å². The molecule has 26 nitrogen and oxygen atoms in total. The summed E-state index contributed by atoms with van der Waals surface area (Å²) in [6.07, 6.45) is 17.6. The number of alkyl halides is 3. The van der Waals surface area contributed by atoms with Gasteiger partial charge in [-0.15, -0.1) is 0 Å². The average Bonchev–Trinajstić information content (AvgIpc) is 1.64. The standard InChI is InChI=1S/C37H54BrN5O4Si2.C35H50BrN5O4Si2.C23H22BrN5O2.C2HF3O/c1-8-47-33(44)21-27-12-11-14-29(20-27)35-34(38)37(42(25-45-16-18-48(2,3)4)26-46-17-19-49(5,6)7)43-36(41-35)31(24-40-43)30-22-28-13-9-10-15-32(28)39-23-30;1-46(2,3)16-14-44-23-40(24-45-15-17-47(4,5)6)35-32(36)33(27-12-9-10-25(18-27)19-31(42)43)39-34-29(22-38-41(34)35)28-20-26-11-7-8-13-30(26)37-21-28;24-20-21(15-6-3-4-13(8-15)9-19(30)31)28-23-17(12-27-29(23)22(20)25)16-10-14-5-1-2-7-18(14)26-11-16;3-2(4,5)1-6/h9-10,13,15,22-24,27,29H,8,11-12,14,16-21,25-26H2,1-7H3;7-8,11,13,20-22,25,27H,9-10,12,14-19,23-24H2,1-6H3,(H,42,43);1-2,5,7,10-13,15H,3-4,6,8-9,25H2,(H,30,31);1H. The average molecular weight is 2090 g/mol.